The van der Waals surface area contributed by atoms with E-state index in [0.717, 1.165) is 12.8 Å². The maximum absolute atomic E-state index is 11.1. The minimum absolute atomic E-state index is 0.445. The number of aliphatic hydroxyl groups excluding tert-OH is 1. The third-order valence-electron chi connectivity index (χ3n) is 1.99. The molecule has 0 aromatic carbocycles. The minimum Gasteiger partial charge on any atom is -0.388 e. The fourth-order valence-corrected chi connectivity index (χ4v) is 1.38. The third-order valence-corrected chi connectivity index (χ3v) is 1.99. The van der Waals surface area contributed by atoms with Gasteiger partial charge in [0, 0.05) is 0 Å². The first kappa shape index (κ1) is 11.6. The summed E-state index contributed by atoms with van der Waals surface area (Å²) in [4.78, 5) is 11.1. The summed E-state index contributed by atoms with van der Waals surface area (Å²) in [7, 11) is 0. The highest BCUT2D eigenvalue weighted by Gasteiger charge is 2.32. The lowest BCUT2D eigenvalue weighted by molar-refractivity contribution is -0.142. The first-order chi connectivity index (χ1) is 5.60. The zero-order valence-corrected chi connectivity index (χ0v) is 7.84. The van der Waals surface area contributed by atoms with Crippen molar-refractivity contribution in [3.63, 3.8) is 0 Å². The van der Waals surface area contributed by atoms with Crippen LogP contribution in [0.25, 0.3) is 0 Å². The van der Waals surface area contributed by atoms with Crippen molar-refractivity contribution in [2.24, 2.45) is 0 Å². The number of hydrogen-bond donors (Lipinski definition) is 2. The number of aliphatic hydroxyl groups is 2. The largest absolute Gasteiger partial charge is 0.388 e. The van der Waals surface area contributed by atoms with E-state index < -0.39 is 18.0 Å². The van der Waals surface area contributed by atoms with Gasteiger partial charge in [-0.15, -0.1) is 0 Å². The van der Waals surface area contributed by atoms with Crippen LogP contribution in [-0.4, -0.2) is 28.2 Å². The van der Waals surface area contributed by atoms with E-state index >= 15 is 0 Å². The standard InChI is InChI=1S/C9H18O3/c1-3-5-9(12,6-4-2)8(11)7-10/h10,12H,3-7H2,1-2H3. The van der Waals surface area contributed by atoms with Gasteiger partial charge in [0.15, 0.2) is 5.78 Å². The Bertz CT molecular complexity index is 137. The van der Waals surface area contributed by atoms with E-state index in [9.17, 15) is 9.90 Å². The van der Waals surface area contributed by atoms with Gasteiger partial charge in [0.2, 0.25) is 0 Å². The molecular weight excluding hydrogens is 156 g/mol. The molecule has 0 fully saturated rings. The number of carbonyl (C=O) groups excluding carboxylic acids is 1. The molecule has 2 N–H and O–H groups in total. The van der Waals surface area contributed by atoms with Crippen LogP contribution in [-0.2, 0) is 4.79 Å². The molecule has 0 aliphatic heterocycles. The van der Waals surface area contributed by atoms with Crippen LogP contribution in [0, 0.1) is 0 Å². The SMILES string of the molecule is CCCC(O)(CCC)C(=O)CO. The number of carbonyl (C=O) groups is 1. The third kappa shape index (κ3) is 2.91. The average molecular weight is 174 g/mol. The van der Waals surface area contributed by atoms with Crippen molar-refractivity contribution >= 4 is 5.78 Å². The molecule has 0 aromatic heterocycles. The minimum atomic E-state index is -1.28. The van der Waals surface area contributed by atoms with Gasteiger partial charge in [-0.1, -0.05) is 26.7 Å². The Kier molecular flexibility index (Phi) is 5.09. The summed E-state index contributed by atoms with van der Waals surface area (Å²) >= 11 is 0. The predicted molar refractivity (Wildman–Crippen MR) is 46.9 cm³/mol. The zero-order valence-electron chi connectivity index (χ0n) is 7.84. The molecular formula is C9H18O3. The predicted octanol–water partition coefficient (Wildman–Crippen LogP) is 0.879. The van der Waals surface area contributed by atoms with E-state index in [1.807, 2.05) is 13.8 Å². The Morgan fingerprint density at radius 2 is 1.67 bits per heavy atom. The van der Waals surface area contributed by atoms with Crippen LogP contribution in [0.15, 0.2) is 0 Å². The summed E-state index contributed by atoms with van der Waals surface area (Å²) in [5, 5.41) is 18.4. The Morgan fingerprint density at radius 1 is 1.25 bits per heavy atom. The quantitative estimate of drug-likeness (QED) is 0.628. The summed E-state index contributed by atoms with van der Waals surface area (Å²) in [6.07, 6.45) is 2.39. The fraction of sp³-hybridized carbons (Fsp3) is 0.889. The highest BCUT2D eigenvalue weighted by Crippen LogP contribution is 2.20. The maximum Gasteiger partial charge on any atom is 0.189 e. The topological polar surface area (TPSA) is 57.5 Å². The van der Waals surface area contributed by atoms with Crippen molar-refractivity contribution in [3.05, 3.63) is 0 Å². The molecule has 0 spiro atoms. The summed E-state index contributed by atoms with van der Waals surface area (Å²) in [6, 6.07) is 0. The van der Waals surface area contributed by atoms with Crippen LogP contribution in [0.1, 0.15) is 39.5 Å². The summed E-state index contributed by atoms with van der Waals surface area (Å²) in [5.74, 6) is -0.453. The van der Waals surface area contributed by atoms with E-state index in [1.54, 1.807) is 0 Å². The Morgan fingerprint density at radius 3 is 1.92 bits per heavy atom. The van der Waals surface area contributed by atoms with Crippen molar-refractivity contribution in [3.8, 4) is 0 Å². The van der Waals surface area contributed by atoms with Gasteiger partial charge in [0.05, 0.1) is 0 Å². The fourth-order valence-electron chi connectivity index (χ4n) is 1.38. The van der Waals surface area contributed by atoms with Crippen LogP contribution in [0.3, 0.4) is 0 Å². The van der Waals surface area contributed by atoms with Gasteiger partial charge in [-0.3, -0.25) is 4.79 Å². The summed E-state index contributed by atoms with van der Waals surface area (Å²) in [5.41, 5.74) is -1.28. The molecule has 0 aliphatic carbocycles. The van der Waals surface area contributed by atoms with Gasteiger partial charge < -0.3 is 10.2 Å². The van der Waals surface area contributed by atoms with Crippen LogP contribution in [0.2, 0.25) is 0 Å². The van der Waals surface area contributed by atoms with Crippen LogP contribution >= 0.6 is 0 Å². The number of Topliss-reactive ketones (excluding diaryl/α,β-unsaturated/α-hetero) is 1. The van der Waals surface area contributed by atoms with Crippen molar-refractivity contribution in [1.29, 1.82) is 0 Å². The number of rotatable bonds is 6. The molecule has 0 saturated carbocycles. The smallest absolute Gasteiger partial charge is 0.189 e. The normalized spacial score (nSPS) is 11.7. The highest BCUT2D eigenvalue weighted by molar-refractivity contribution is 5.87. The van der Waals surface area contributed by atoms with Gasteiger partial charge in [-0.2, -0.15) is 0 Å². The average Bonchev–Trinajstić information content (AvgIpc) is 2.04. The molecule has 0 unspecified atom stereocenters. The van der Waals surface area contributed by atoms with Crippen LogP contribution in [0.5, 0.6) is 0 Å². The van der Waals surface area contributed by atoms with E-state index in [0.29, 0.717) is 12.8 Å². The van der Waals surface area contributed by atoms with E-state index in [1.165, 1.54) is 0 Å². The second-order valence-corrected chi connectivity index (χ2v) is 3.11. The monoisotopic (exact) mass is 174 g/mol. The molecule has 0 aliphatic rings. The van der Waals surface area contributed by atoms with E-state index in [4.69, 9.17) is 5.11 Å². The van der Waals surface area contributed by atoms with Crippen molar-refractivity contribution in [1.82, 2.24) is 0 Å². The lowest BCUT2D eigenvalue weighted by atomic mass is 9.89. The maximum atomic E-state index is 11.1. The molecule has 3 nitrogen and oxygen atoms in total. The molecule has 0 aromatic rings. The van der Waals surface area contributed by atoms with Crippen molar-refractivity contribution in [2.45, 2.75) is 45.1 Å². The molecule has 0 bridgehead atoms. The molecule has 12 heavy (non-hydrogen) atoms. The Labute approximate surface area is 73.4 Å². The molecule has 3 heteroatoms. The first-order valence-corrected chi connectivity index (χ1v) is 4.47. The first-order valence-electron chi connectivity index (χ1n) is 4.47. The van der Waals surface area contributed by atoms with Crippen molar-refractivity contribution < 1.29 is 15.0 Å². The van der Waals surface area contributed by atoms with Gasteiger partial charge in [0.1, 0.15) is 12.2 Å². The second-order valence-electron chi connectivity index (χ2n) is 3.11. The van der Waals surface area contributed by atoms with Crippen molar-refractivity contribution in [2.75, 3.05) is 6.61 Å². The van der Waals surface area contributed by atoms with E-state index in [-0.39, 0.29) is 0 Å². The lowest BCUT2D eigenvalue weighted by Gasteiger charge is -2.24. The number of ketones is 1. The van der Waals surface area contributed by atoms with Gasteiger partial charge >= 0.3 is 0 Å². The zero-order chi connectivity index (χ0) is 9.61. The summed E-state index contributed by atoms with van der Waals surface area (Å²) < 4.78 is 0. The summed E-state index contributed by atoms with van der Waals surface area (Å²) in [6.45, 7) is 3.26. The van der Waals surface area contributed by atoms with Gasteiger partial charge in [-0.25, -0.2) is 0 Å². The Balaban J connectivity index is 4.26. The Hall–Kier alpha value is -0.410. The van der Waals surface area contributed by atoms with Crippen LogP contribution in [0.4, 0.5) is 0 Å². The number of hydrogen-bond acceptors (Lipinski definition) is 3. The molecule has 0 atom stereocenters. The van der Waals surface area contributed by atoms with Crippen LogP contribution < -0.4 is 0 Å². The molecule has 0 heterocycles. The molecule has 72 valence electrons. The molecule has 0 rings (SSSR count). The van der Waals surface area contributed by atoms with E-state index in [2.05, 4.69) is 0 Å². The van der Waals surface area contributed by atoms with Gasteiger partial charge in [0.25, 0.3) is 0 Å². The molecule has 0 amide bonds. The molecule has 0 radical (unpaired) electrons. The second kappa shape index (κ2) is 5.27. The highest BCUT2D eigenvalue weighted by atomic mass is 16.3. The molecule has 0 saturated heterocycles. The lowest BCUT2D eigenvalue weighted by Crippen LogP contribution is -2.40. The van der Waals surface area contributed by atoms with Gasteiger partial charge in [-0.05, 0) is 12.8 Å².